The van der Waals surface area contributed by atoms with Gasteiger partial charge in [-0.15, -0.1) is 0 Å². The molecule has 108 heavy (non-hydrogen) atoms. The van der Waals surface area contributed by atoms with Crippen molar-refractivity contribution in [2.45, 2.75) is 209 Å². The third-order valence-corrected chi connectivity index (χ3v) is 21.4. The van der Waals surface area contributed by atoms with Crippen LogP contribution in [0.25, 0.3) is 137 Å². The van der Waals surface area contributed by atoms with Gasteiger partial charge in [-0.05, 0) is 243 Å². The van der Waals surface area contributed by atoms with Gasteiger partial charge in [0.15, 0.2) is 0 Å². The van der Waals surface area contributed by atoms with Gasteiger partial charge in [0.25, 0.3) is 0 Å². The van der Waals surface area contributed by atoms with Crippen LogP contribution >= 0.6 is 0 Å². The Morgan fingerprint density at radius 1 is 0.222 bits per heavy atom. The molecule has 16 bridgehead atoms. The van der Waals surface area contributed by atoms with Gasteiger partial charge >= 0.3 is 0 Å². The molecule has 0 spiro atoms. The fourth-order valence-corrected chi connectivity index (χ4v) is 14.5. The predicted molar refractivity (Wildman–Crippen MR) is 463 cm³/mol. The highest BCUT2D eigenvalue weighted by atomic mass is 14.8. The summed E-state index contributed by atoms with van der Waals surface area (Å²) in [6, 6.07) is 49.9. The van der Waals surface area contributed by atoms with E-state index < -0.39 is 0 Å². The molecule has 546 valence electrons. The molecule has 10 aromatic rings. The normalized spacial score (nSPS) is 13.4. The van der Waals surface area contributed by atoms with E-state index in [-0.39, 0.29) is 43.3 Å². The van der Waals surface area contributed by atoms with Gasteiger partial charge in [-0.2, -0.15) is 0 Å². The summed E-state index contributed by atoms with van der Waals surface area (Å²) in [4.78, 5) is 38.0. The smallest absolute Gasteiger partial charge is 0.0815 e. The zero-order valence-electron chi connectivity index (χ0n) is 68.1. The van der Waals surface area contributed by atoms with E-state index in [1.54, 1.807) is 0 Å². The number of nitrogens with zero attached hydrogens (tertiary/aromatic N) is 4. The monoisotopic (exact) mass is 1420 g/mol. The van der Waals surface area contributed by atoms with Crippen LogP contribution in [0.4, 0.5) is 0 Å². The predicted octanol–water partition coefficient (Wildman–Crippen LogP) is 26.1. The fourth-order valence-electron chi connectivity index (χ4n) is 14.5. The number of aromatic nitrogens is 8. The molecular weight excluding hydrogens is 1310 g/mol. The first-order chi connectivity index (χ1) is 50.5. The second-order valence-corrected chi connectivity index (χ2v) is 38.4. The third kappa shape index (κ3) is 15.1. The molecule has 14 rings (SSSR count). The van der Waals surface area contributed by atoms with Gasteiger partial charge in [0, 0.05) is 55.4 Å². The van der Waals surface area contributed by atoms with Gasteiger partial charge in [-0.1, -0.05) is 239 Å². The Kier molecular flexibility index (Phi) is 18.2. The molecule has 4 aliphatic rings. The number of H-pyrrole nitrogens is 4. The van der Waals surface area contributed by atoms with Crippen molar-refractivity contribution in [3.63, 3.8) is 0 Å². The number of hydrogen-bond donors (Lipinski definition) is 4. The lowest BCUT2D eigenvalue weighted by Gasteiger charge is -2.26. The van der Waals surface area contributed by atoms with Gasteiger partial charge < -0.3 is 19.9 Å². The van der Waals surface area contributed by atoms with E-state index in [9.17, 15) is 0 Å². The summed E-state index contributed by atoms with van der Waals surface area (Å²) in [5.74, 6) is 14.3. The summed E-state index contributed by atoms with van der Waals surface area (Å²) in [6.45, 7) is 55.0. The van der Waals surface area contributed by atoms with Gasteiger partial charge in [0.1, 0.15) is 0 Å². The highest BCUT2D eigenvalue weighted by molar-refractivity contribution is 5.98. The standard InChI is InChI=1S/C100H106N8/c1-93(2,3)63-45-59(46-64(53-63)94(4,5)6)89-81-33-29-71(101-81)57-72-30-34-82(102-72)90(60-47-65(95(7,8)9)54-66(48-60)96(10,11)12)86-42-38-78(106-86)75(77-37-41-85(89)105-77)27-25-26-28-76-79-39-43-87(107-79)91(61-49-67(97(13,14)15)55-68(50-61)98(16,17)18)83-35-31-73(103-83)58-74-32-36-84(104-74)92(88-44-40-80(76)108-88)62-51-69(99(19,20)21)56-70(52-62)100(22,23)24/h29-58,101,103,106,108H,1-24H3. The lowest BCUT2D eigenvalue weighted by Crippen LogP contribution is -2.16. The van der Waals surface area contributed by atoms with Crippen LogP contribution in [0.15, 0.2) is 133 Å². The van der Waals surface area contributed by atoms with Crippen LogP contribution in [0, 0.1) is 23.7 Å². The largest absolute Gasteiger partial charge is 0.355 e. The minimum atomic E-state index is -0.130. The van der Waals surface area contributed by atoms with Crippen molar-refractivity contribution in [3.05, 3.63) is 235 Å². The number of rotatable bonds is 4. The molecule has 0 atom stereocenters. The topological polar surface area (TPSA) is 115 Å². The molecule has 6 aromatic heterocycles. The molecular formula is C100H106N8. The van der Waals surface area contributed by atoms with Gasteiger partial charge in [-0.3, -0.25) is 0 Å². The average molecular weight is 1420 g/mol. The van der Waals surface area contributed by atoms with Crippen LogP contribution in [0.3, 0.4) is 0 Å². The van der Waals surface area contributed by atoms with Crippen molar-refractivity contribution in [3.8, 4) is 68.2 Å². The number of fused-ring (bicyclic) bond motifs is 16. The Morgan fingerprint density at radius 2 is 0.444 bits per heavy atom. The summed E-state index contributed by atoms with van der Waals surface area (Å²) in [6.07, 6.45) is 17.1. The number of aromatic amines is 4. The van der Waals surface area contributed by atoms with Crippen molar-refractivity contribution in [2.75, 3.05) is 0 Å². The van der Waals surface area contributed by atoms with Crippen molar-refractivity contribution < 1.29 is 0 Å². The fraction of sp³-hybridized carbons (Fsp3) is 0.320. The Balaban J connectivity index is 1.08. The van der Waals surface area contributed by atoms with Gasteiger partial charge in [0.2, 0.25) is 0 Å². The summed E-state index contributed by atoms with van der Waals surface area (Å²) >= 11 is 0. The molecule has 4 aliphatic heterocycles. The number of hydrogen-bond acceptors (Lipinski definition) is 4. The quantitative estimate of drug-likeness (QED) is 0.131. The highest BCUT2D eigenvalue weighted by Crippen LogP contribution is 2.44. The SMILES string of the molecule is CC(C)(C)c1cc(-c2c3nc(c(C#CC#Cc4c5nc(c(-c6cc(C(C)(C)C)cc(C(C)(C)C)c6)c6ccc(cc7nc(c(-c8cc(C(C)(C)C)cc(C(C)(C)C)c8)c8ccc4[nH]8)C=C7)[nH]6)C=C5)c4ccc([nH]4)c(-c4cc(C(C)(C)C)cc(C(C)(C)C)c4)c4nc(cc5ccc2[nH]5)C=C4)C=C3)cc(C(C)(C)C)c1. The Bertz CT molecular complexity index is 5360. The Hall–Kier alpha value is -10.8. The molecule has 0 unspecified atom stereocenters. The van der Waals surface area contributed by atoms with E-state index in [2.05, 4.69) is 392 Å². The second-order valence-electron chi connectivity index (χ2n) is 38.4. The van der Waals surface area contributed by atoms with Crippen molar-refractivity contribution in [2.24, 2.45) is 0 Å². The van der Waals surface area contributed by atoms with Crippen LogP contribution in [-0.4, -0.2) is 39.9 Å². The van der Waals surface area contributed by atoms with Gasteiger partial charge in [-0.25, -0.2) is 19.9 Å². The maximum Gasteiger partial charge on any atom is 0.0815 e. The molecule has 0 radical (unpaired) electrons. The highest BCUT2D eigenvalue weighted by Gasteiger charge is 2.29. The first kappa shape index (κ1) is 74.1. The zero-order chi connectivity index (χ0) is 77.3. The van der Waals surface area contributed by atoms with Crippen molar-refractivity contribution in [1.82, 2.24) is 39.9 Å². The first-order valence-corrected chi connectivity index (χ1v) is 38.4. The number of nitrogens with one attached hydrogen (secondary N) is 4. The van der Waals surface area contributed by atoms with E-state index in [0.717, 1.165) is 123 Å². The second kappa shape index (κ2) is 26.6. The molecule has 0 saturated carbocycles. The minimum absolute atomic E-state index is 0.130. The molecule has 4 N–H and O–H groups in total. The summed E-state index contributed by atoms with van der Waals surface area (Å²) in [5.41, 5.74) is 32.3. The maximum absolute atomic E-state index is 5.69. The zero-order valence-corrected chi connectivity index (χ0v) is 68.1. The molecule has 0 saturated heterocycles. The van der Waals surface area contributed by atoms with Crippen LogP contribution in [-0.2, 0) is 43.3 Å². The van der Waals surface area contributed by atoms with E-state index >= 15 is 0 Å². The third-order valence-electron chi connectivity index (χ3n) is 21.4. The van der Waals surface area contributed by atoms with Gasteiger partial charge in [0.05, 0.1) is 67.7 Å². The van der Waals surface area contributed by atoms with Crippen LogP contribution in [0.5, 0.6) is 0 Å². The van der Waals surface area contributed by atoms with Crippen molar-refractivity contribution in [1.29, 1.82) is 0 Å². The first-order valence-electron chi connectivity index (χ1n) is 38.4. The number of benzene rings is 4. The summed E-state index contributed by atoms with van der Waals surface area (Å²) in [5, 5.41) is 0. The molecule has 0 aliphatic carbocycles. The summed E-state index contributed by atoms with van der Waals surface area (Å²) < 4.78 is 0. The molecule has 0 amide bonds. The molecule has 8 nitrogen and oxygen atoms in total. The molecule has 4 aromatic carbocycles. The van der Waals surface area contributed by atoms with Crippen LogP contribution in [0.1, 0.15) is 267 Å². The summed E-state index contributed by atoms with van der Waals surface area (Å²) in [7, 11) is 0. The van der Waals surface area contributed by atoms with E-state index in [0.29, 0.717) is 22.5 Å². The van der Waals surface area contributed by atoms with E-state index in [1.807, 2.05) is 0 Å². The lowest BCUT2D eigenvalue weighted by atomic mass is 9.78. The van der Waals surface area contributed by atoms with Crippen molar-refractivity contribution >= 4 is 92.7 Å². The van der Waals surface area contributed by atoms with E-state index in [4.69, 9.17) is 19.9 Å². The maximum atomic E-state index is 5.69. The molecule has 0 fully saturated rings. The van der Waals surface area contributed by atoms with E-state index in [1.165, 1.54) is 44.5 Å². The minimum Gasteiger partial charge on any atom is -0.355 e. The molecule has 8 heteroatoms. The average Bonchev–Trinajstić information content (AvgIpc) is 1.56. The Morgan fingerprint density at radius 3 is 0.713 bits per heavy atom. The van der Waals surface area contributed by atoms with Crippen LogP contribution in [0.2, 0.25) is 0 Å². The lowest BCUT2D eigenvalue weighted by molar-refractivity contribution is 0.568. The van der Waals surface area contributed by atoms with Crippen LogP contribution < -0.4 is 0 Å². The Labute approximate surface area is 641 Å². The molecule has 10 heterocycles.